The van der Waals surface area contributed by atoms with E-state index in [0.717, 1.165) is 25.9 Å². The fourth-order valence-corrected chi connectivity index (χ4v) is 3.16. The SMILES string of the molecule is O=C(Oc1ccc(Cl)cc1Cl)N(c1ccc(O)cn1)C1CCNCC1. The lowest BCUT2D eigenvalue weighted by Crippen LogP contribution is -2.48. The summed E-state index contributed by atoms with van der Waals surface area (Å²) in [6, 6.07) is 7.68. The number of nitrogens with zero attached hydrogens (tertiary/aromatic N) is 2. The zero-order chi connectivity index (χ0) is 17.8. The van der Waals surface area contributed by atoms with Crippen molar-refractivity contribution in [3.8, 4) is 11.5 Å². The molecule has 2 N–H and O–H groups in total. The maximum Gasteiger partial charge on any atom is 0.421 e. The van der Waals surface area contributed by atoms with Crippen molar-refractivity contribution in [2.75, 3.05) is 18.0 Å². The average molecular weight is 382 g/mol. The van der Waals surface area contributed by atoms with E-state index < -0.39 is 6.09 Å². The van der Waals surface area contributed by atoms with Crippen molar-refractivity contribution in [1.82, 2.24) is 10.3 Å². The van der Waals surface area contributed by atoms with Crippen LogP contribution in [-0.2, 0) is 0 Å². The second-order valence-electron chi connectivity index (χ2n) is 5.67. The van der Waals surface area contributed by atoms with Gasteiger partial charge < -0.3 is 15.2 Å². The number of hydrogen-bond acceptors (Lipinski definition) is 5. The normalized spacial score (nSPS) is 15.0. The van der Waals surface area contributed by atoms with Gasteiger partial charge in [0.15, 0.2) is 5.75 Å². The third kappa shape index (κ3) is 4.34. The van der Waals surface area contributed by atoms with Crippen molar-refractivity contribution in [2.45, 2.75) is 18.9 Å². The van der Waals surface area contributed by atoms with Gasteiger partial charge in [-0.2, -0.15) is 0 Å². The highest BCUT2D eigenvalue weighted by atomic mass is 35.5. The highest BCUT2D eigenvalue weighted by Crippen LogP contribution is 2.29. The maximum atomic E-state index is 12.8. The summed E-state index contributed by atoms with van der Waals surface area (Å²) in [4.78, 5) is 18.5. The topological polar surface area (TPSA) is 74.7 Å². The zero-order valence-electron chi connectivity index (χ0n) is 13.3. The molecule has 0 spiro atoms. The molecule has 1 saturated heterocycles. The van der Waals surface area contributed by atoms with Crippen LogP contribution in [-0.4, -0.2) is 35.3 Å². The van der Waals surface area contributed by atoms with Crippen LogP contribution in [0.15, 0.2) is 36.5 Å². The molecule has 0 radical (unpaired) electrons. The Labute approximate surface area is 155 Å². The monoisotopic (exact) mass is 381 g/mol. The molecule has 3 rings (SSSR count). The van der Waals surface area contributed by atoms with Crippen LogP contribution in [0.2, 0.25) is 10.0 Å². The zero-order valence-corrected chi connectivity index (χ0v) is 14.8. The Morgan fingerprint density at radius 2 is 2.00 bits per heavy atom. The number of aromatic hydroxyl groups is 1. The first-order chi connectivity index (χ1) is 12.0. The van der Waals surface area contributed by atoms with Gasteiger partial charge in [-0.05, 0) is 56.3 Å². The smallest absolute Gasteiger partial charge is 0.421 e. The number of pyridine rings is 1. The Balaban J connectivity index is 1.87. The number of nitrogens with one attached hydrogen (secondary N) is 1. The van der Waals surface area contributed by atoms with E-state index in [-0.39, 0.29) is 22.6 Å². The number of ether oxygens (including phenoxy) is 1. The number of rotatable bonds is 3. The summed E-state index contributed by atoms with van der Waals surface area (Å²) >= 11 is 12.0. The first-order valence-corrected chi connectivity index (χ1v) is 8.62. The number of hydrogen-bond donors (Lipinski definition) is 2. The summed E-state index contributed by atoms with van der Waals surface area (Å²) in [7, 11) is 0. The van der Waals surface area contributed by atoms with E-state index >= 15 is 0 Å². The van der Waals surface area contributed by atoms with Crippen molar-refractivity contribution >= 4 is 35.1 Å². The predicted molar refractivity (Wildman–Crippen MR) is 96.8 cm³/mol. The molecule has 1 fully saturated rings. The molecular weight excluding hydrogens is 365 g/mol. The van der Waals surface area contributed by atoms with Crippen LogP contribution < -0.4 is 15.0 Å². The van der Waals surface area contributed by atoms with E-state index in [1.165, 1.54) is 23.2 Å². The predicted octanol–water partition coefficient (Wildman–Crippen LogP) is 3.85. The summed E-state index contributed by atoms with van der Waals surface area (Å²) in [5.41, 5.74) is 0. The summed E-state index contributed by atoms with van der Waals surface area (Å²) in [6.45, 7) is 1.60. The second-order valence-corrected chi connectivity index (χ2v) is 6.51. The van der Waals surface area contributed by atoms with E-state index in [2.05, 4.69) is 10.3 Å². The molecule has 1 aromatic heterocycles. The molecule has 2 aromatic rings. The first-order valence-electron chi connectivity index (χ1n) is 7.86. The van der Waals surface area contributed by atoms with Crippen molar-refractivity contribution in [3.63, 3.8) is 0 Å². The lowest BCUT2D eigenvalue weighted by molar-refractivity contribution is 0.202. The summed E-state index contributed by atoms with van der Waals surface area (Å²) in [5, 5.41) is 13.4. The molecule has 2 heterocycles. The number of amides is 1. The van der Waals surface area contributed by atoms with Crippen molar-refractivity contribution < 1.29 is 14.6 Å². The van der Waals surface area contributed by atoms with Crippen molar-refractivity contribution in [3.05, 3.63) is 46.6 Å². The third-order valence-corrected chi connectivity index (χ3v) is 4.47. The number of halogens is 2. The molecule has 25 heavy (non-hydrogen) atoms. The Morgan fingerprint density at radius 1 is 1.24 bits per heavy atom. The van der Waals surface area contributed by atoms with Gasteiger partial charge in [0, 0.05) is 11.1 Å². The number of piperidine rings is 1. The van der Waals surface area contributed by atoms with Crippen LogP contribution in [0.4, 0.5) is 10.6 Å². The Kier molecular flexibility index (Phi) is 5.63. The minimum absolute atomic E-state index is 0.0307. The molecule has 132 valence electrons. The Hall–Kier alpha value is -2.02. The van der Waals surface area contributed by atoms with Gasteiger partial charge in [-0.3, -0.25) is 4.90 Å². The fourth-order valence-electron chi connectivity index (χ4n) is 2.72. The molecule has 0 saturated carbocycles. The largest absolute Gasteiger partial charge is 0.506 e. The van der Waals surface area contributed by atoms with Crippen molar-refractivity contribution in [1.29, 1.82) is 0 Å². The number of anilines is 1. The molecule has 0 unspecified atom stereocenters. The van der Waals surface area contributed by atoms with Crippen LogP contribution in [0.5, 0.6) is 11.5 Å². The lowest BCUT2D eigenvalue weighted by atomic mass is 10.1. The van der Waals surface area contributed by atoms with Gasteiger partial charge in [-0.1, -0.05) is 23.2 Å². The van der Waals surface area contributed by atoms with Gasteiger partial charge in [0.2, 0.25) is 0 Å². The van der Waals surface area contributed by atoms with Gasteiger partial charge >= 0.3 is 6.09 Å². The molecule has 1 amide bonds. The molecule has 6 nitrogen and oxygen atoms in total. The quantitative estimate of drug-likeness (QED) is 0.844. The summed E-state index contributed by atoms with van der Waals surface area (Å²) in [5.74, 6) is 0.677. The molecule has 1 aliphatic heterocycles. The Bertz CT molecular complexity index is 749. The highest BCUT2D eigenvalue weighted by molar-refractivity contribution is 6.35. The van der Waals surface area contributed by atoms with Gasteiger partial charge in [-0.25, -0.2) is 9.78 Å². The number of carbonyl (C=O) groups excluding carboxylic acids is 1. The minimum atomic E-state index is -0.575. The molecule has 8 heteroatoms. The minimum Gasteiger partial charge on any atom is -0.506 e. The lowest BCUT2D eigenvalue weighted by Gasteiger charge is -2.33. The van der Waals surface area contributed by atoms with Gasteiger partial charge in [0.05, 0.1) is 11.2 Å². The molecule has 0 aliphatic carbocycles. The fraction of sp³-hybridized carbons (Fsp3) is 0.294. The summed E-state index contributed by atoms with van der Waals surface area (Å²) < 4.78 is 5.47. The van der Waals surface area contributed by atoms with E-state index in [0.29, 0.717) is 10.8 Å². The van der Waals surface area contributed by atoms with Crippen molar-refractivity contribution in [2.24, 2.45) is 0 Å². The second kappa shape index (κ2) is 7.91. The van der Waals surface area contributed by atoms with Crippen LogP contribution in [0.25, 0.3) is 0 Å². The molecule has 0 atom stereocenters. The third-order valence-electron chi connectivity index (χ3n) is 3.94. The standard InChI is InChI=1S/C17H17Cl2N3O3/c18-11-1-3-15(14(19)9-11)25-17(24)22(12-5-7-20-8-6-12)16-4-2-13(23)10-21-16/h1-4,9-10,12,20,23H,5-8H2. The van der Waals surface area contributed by atoms with Crippen LogP contribution in [0.3, 0.4) is 0 Å². The van der Waals surface area contributed by atoms with Crippen LogP contribution in [0, 0.1) is 0 Å². The van der Waals surface area contributed by atoms with Gasteiger partial charge in [-0.15, -0.1) is 0 Å². The molecular formula is C17H17Cl2N3O3. The van der Waals surface area contributed by atoms with Gasteiger partial charge in [0.1, 0.15) is 11.6 Å². The number of carbonyl (C=O) groups is 1. The number of benzene rings is 1. The van der Waals surface area contributed by atoms with Crippen LogP contribution >= 0.6 is 23.2 Å². The van der Waals surface area contributed by atoms with E-state index in [1.54, 1.807) is 18.2 Å². The Morgan fingerprint density at radius 3 is 2.64 bits per heavy atom. The molecule has 1 aromatic carbocycles. The average Bonchev–Trinajstić information content (AvgIpc) is 2.60. The van der Waals surface area contributed by atoms with E-state index in [9.17, 15) is 9.90 Å². The number of aromatic nitrogens is 1. The highest BCUT2D eigenvalue weighted by Gasteiger charge is 2.29. The molecule has 1 aliphatic rings. The van der Waals surface area contributed by atoms with Gasteiger partial charge in [0.25, 0.3) is 0 Å². The maximum absolute atomic E-state index is 12.8. The van der Waals surface area contributed by atoms with Crippen LogP contribution in [0.1, 0.15) is 12.8 Å². The van der Waals surface area contributed by atoms with E-state index in [1.807, 2.05) is 0 Å². The van der Waals surface area contributed by atoms with E-state index in [4.69, 9.17) is 27.9 Å². The molecule has 0 bridgehead atoms. The summed E-state index contributed by atoms with van der Waals surface area (Å²) in [6.07, 6.45) is 2.26. The first kappa shape index (κ1) is 17.8.